The number of methoxy groups -OCH3 is 1. The minimum atomic E-state index is -4.08. The van der Waals surface area contributed by atoms with Gasteiger partial charge in [0.1, 0.15) is 45.7 Å². The highest BCUT2D eigenvalue weighted by Gasteiger charge is 2.41. The third-order valence-electron chi connectivity index (χ3n) is 14.8. The predicted molar refractivity (Wildman–Crippen MR) is 280 cm³/mol. The molecule has 0 unspecified atom stereocenters. The van der Waals surface area contributed by atoms with E-state index in [0.717, 1.165) is 11.1 Å². The molecule has 0 spiro atoms. The van der Waals surface area contributed by atoms with Crippen LogP contribution in [0.5, 0.6) is 23.0 Å². The van der Waals surface area contributed by atoms with Crippen LogP contribution in [0.15, 0.2) is 156 Å². The minimum Gasteiger partial charge on any atom is -0.491 e. The molecule has 370 valence electrons. The molecule has 6 rings (SSSR count). The van der Waals surface area contributed by atoms with Gasteiger partial charge in [-0.3, -0.25) is 9.59 Å². The van der Waals surface area contributed by atoms with Gasteiger partial charge in [-0.2, -0.15) is 0 Å². The highest BCUT2D eigenvalue weighted by atomic mass is 35.7. The monoisotopic (exact) mass is 986 g/mol. The first-order valence-electron chi connectivity index (χ1n) is 23.4. The molecule has 70 heavy (non-hydrogen) atoms. The average molecular weight is 988 g/mol. The van der Waals surface area contributed by atoms with Gasteiger partial charge in [0, 0.05) is 62.7 Å². The fourth-order valence-corrected chi connectivity index (χ4v) is 8.28. The van der Waals surface area contributed by atoms with E-state index < -0.39 is 25.7 Å². The zero-order valence-electron chi connectivity index (χ0n) is 42.9. The lowest BCUT2D eigenvalue weighted by Gasteiger charge is -2.42. The maximum absolute atomic E-state index is 13.7. The molecule has 5 aromatic carbocycles. The zero-order chi connectivity index (χ0) is 51.7. The topological polar surface area (TPSA) is 114 Å². The molecule has 0 radical (unpaired) electrons. The lowest BCUT2D eigenvalue weighted by Crippen LogP contribution is -2.47. The number of ether oxygens (including phenoxy) is 5. The van der Waals surface area contributed by atoms with Crippen molar-refractivity contribution in [2.24, 2.45) is 5.41 Å². The second-order valence-electron chi connectivity index (χ2n) is 21.4. The van der Waals surface area contributed by atoms with Crippen LogP contribution in [0.1, 0.15) is 139 Å². The molecule has 0 saturated heterocycles. The Bertz CT molecular complexity index is 2890. The Balaban J connectivity index is 1.05. The molecule has 9 nitrogen and oxygen atoms in total. The smallest absolute Gasteiger partial charge is 0.258 e. The highest BCUT2D eigenvalue weighted by Crippen LogP contribution is 2.41. The van der Waals surface area contributed by atoms with E-state index >= 15 is 0 Å². The van der Waals surface area contributed by atoms with Crippen molar-refractivity contribution >= 4 is 31.3 Å². The van der Waals surface area contributed by atoms with Gasteiger partial charge >= 0.3 is 0 Å². The number of rotatable bonds is 18. The predicted octanol–water partition coefficient (Wildman–Crippen LogP) is 14.6. The van der Waals surface area contributed by atoms with E-state index in [2.05, 4.69) is 41.5 Å². The fraction of sp³-hybridized carbons (Fsp3) is 0.356. The number of allylic oxidation sites excluding steroid dienone is 4. The van der Waals surface area contributed by atoms with Crippen molar-refractivity contribution in [3.63, 3.8) is 0 Å². The Kier molecular flexibility index (Phi) is 15.3. The number of hydrogen-bond acceptors (Lipinski definition) is 9. The van der Waals surface area contributed by atoms with Crippen LogP contribution < -0.4 is 14.2 Å². The maximum Gasteiger partial charge on any atom is 0.258 e. The van der Waals surface area contributed by atoms with Crippen LogP contribution >= 0.6 is 10.7 Å². The molecule has 0 fully saturated rings. The van der Waals surface area contributed by atoms with Gasteiger partial charge in [0.25, 0.3) is 9.05 Å². The summed E-state index contributed by atoms with van der Waals surface area (Å²) < 4.78 is 55.9. The first-order chi connectivity index (χ1) is 32.4. The molecule has 0 aromatic heterocycles. The van der Waals surface area contributed by atoms with E-state index in [1.54, 1.807) is 67.8 Å². The summed E-state index contributed by atoms with van der Waals surface area (Å²) in [6.07, 6.45) is 4.70. The van der Waals surface area contributed by atoms with Gasteiger partial charge in [-0.05, 0) is 144 Å². The summed E-state index contributed by atoms with van der Waals surface area (Å²) >= 11 is 0. The van der Waals surface area contributed by atoms with Crippen molar-refractivity contribution < 1.29 is 41.7 Å². The van der Waals surface area contributed by atoms with Crippen molar-refractivity contribution in [1.29, 1.82) is 0 Å². The maximum atomic E-state index is 13.7. The second kappa shape index (κ2) is 20.1. The number of ketones is 2. The zero-order valence-corrected chi connectivity index (χ0v) is 44.5. The fourth-order valence-electron chi connectivity index (χ4n) is 7.41. The highest BCUT2D eigenvalue weighted by molar-refractivity contribution is 8.16. The molecule has 1 aliphatic rings. The van der Waals surface area contributed by atoms with E-state index in [-0.39, 0.29) is 45.1 Å². The average Bonchev–Trinajstić information content (AvgIpc) is 3.51. The number of carbonyl (C=O) groups is 2. The number of hydrogen-bond donors (Lipinski definition) is 0. The first-order valence-corrected chi connectivity index (χ1v) is 25.7. The Morgan fingerprint density at radius 3 is 1.24 bits per heavy atom. The van der Waals surface area contributed by atoms with E-state index in [1.807, 2.05) is 121 Å². The van der Waals surface area contributed by atoms with Crippen molar-refractivity contribution in [2.45, 2.75) is 124 Å². The van der Waals surface area contributed by atoms with Gasteiger partial charge in [0.15, 0.2) is 11.6 Å². The molecule has 0 heterocycles. The van der Waals surface area contributed by atoms with Crippen molar-refractivity contribution in [2.75, 3.05) is 7.11 Å². The van der Waals surface area contributed by atoms with Crippen LogP contribution in [0.3, 0.4) is 0 Å². The van der Waals surface area contributed by atoms with Crippen molar-refractivity contribution in [1.82, 2.24) is 0 Å². The molecular formula is C59H67ClO9S. The minimum absolute atomic E-state index is 0.0250. The molecule has 11 heteroatoms. The second-order valence-corrected chi connectivity index (χ2v) is 24.0. The normalized spacial score (nSPS) is 14.1. The Morgan fingerprint density at radius 1 is 0.471 bits per heavy atom. The summed E-state index contributed by atoms with van der Waals surface area (Å²) in [5, 5.41) is 0. The Hall–Kier alpha value is -5.94. The van der Waals surface area contributed by atoms with Crippen LogP contribution in [-0.2, 0) is 29.4 Å². The van der Waals surface area contributed by atoms with E-state index in [0.29, 0.717) is 51.0 Å². The SMILES string of the molecule is COC(C)(C)C(C)(C)c1ccc(C(=O)c2ccc(Oc3ccc(OC(C)(C)C(C)(C)c4ccc(C(=O)c5ccc(OC6=CC=C(OC(C)(C)C(C)(C)C)CC(S(=O)(=O)Cl)=C6)cc5)cc4)cc3)cc2)cc1. The summed E-state index contributed by atoms with van der Waals surface area (Å²) in [5.41, 5.74) is 1.57. The molecule has 0 atom stereocenters. The molecule has 0 saturated carbocycles. The van der Waals surface area contributed by atoms with Crippen molar-refractivity contribution in [3.8, 4) is 23.0 Å². The third-order valence-corrected chi connectivity index (χ3v) is 16.2. The molecular weight excluding hydrogens is 920 g/mol. The van der Waals surface area contributed by atoms with Crippen LogP contribution in [0.2, 0.25) is 0 Å². The summed E-state index contributed by atoms with van der Waals surface area (Å²) in [7, 11) is 3.46. The van der Waals surface area contributed by atoms with Crippen LogP contribution in [0.25, 0.3) is 0 Å². The lowest BCUT2D eigenvalue weighted by molar-refractivity contribution is -0.0540. The Labute approximate surface area is 419 Å². The molecule has 0 bridgehead atoms. The van der Waals surface area contributed by atoms with E-state index in [9.17, 15) is 18.0 Å². The Morgan fingerprint density at radius 2 is 0.843 bits per heavy atom. The summed E-state index contributed by atoms with van der Waals surface area (Å²) in [5.74, 6) is 2.75. The number of carbonyl (C=O) groups excluding carboxylic acids is 2. The number of halogens is 1. The molecule has 0 N–H and O–H groups in total. The van der Waals surface area contributed by atoms with E-state index in [4.69, 9.17) is 34.4 Å². The standard InChI is InChI=1S/C59H67ClO9S/c1-54(2,3)57(8,9)69-50-36-35-49(37-51(38-50)70(60,63)64)67-46-29-21-42(22-30-46)53(62)40-17-25-44(26-18-40)56(6,7)59(12,13)68-48-33-31-47(32-34-48)66-45-27-19-41(20-28-45)52(61)39-15-23-43(24-16-39)55(4,5)58(10,11)65-14/h15-37H,38H2,1-14H3. The summed E-state index contributed by atoms with van der Waals surface area (Å²) in [6.45, 7) is 26.7. The quantitative estimate of drug-likeness (QED) is 0.0625. The van der Waals surface area contributed by atoms with Gasteiger partial charge in [-0.15, -0.1) is 0 Å². The lowest BCUT2D eigenvalue weighted by atomic mass is 9.71. The largest absolute Gasteiger partial charge is 0.491 e. The van der Waals surface area contributed by atoms with E-state index in [1.165, 1.54) is 6.08 Å². The molecule has 0 amide bonds. The van der Waals surface area contributed by atoms with Gasteiger partial charge < -0.3 is 23.7 Å². The van der Waals surface area contributed by atoms with Crippen molar-refractivity contribution in [3.05, 3.63) is 189 Å². The summed E-state index contributed by atoms with van der Waals surface area (Å²) in [4.78, 5) is 27.0. The van der Waals surface area contributed by atoms with Crippen LogP contribution in [0, 0.1) is 5.41 Å². The number of benzene rings is 5. The molecule has 5 aromatic rings. The summed E-state index contributed by atoms with van der Waals surface area (Å²) in [6, 6.07) is 36.5. The molecule has 1 aliphatic carbocycles. The van der Waals surface area contributed by atoms with Gasteiger partial charge in [-0.1, -0.05) is 97.0 Å². The van der Waals surface area contributed by atoms with Crippen LogP contribution in [-0.4, -0.2) is 43.9 Å². The van der Waals surface area contributed by atoms with Gasteiger partial charge in [0.2, 0.25) is 0 Å². The van der Waals surface area contributed by atoms with Gasteiger partial charge in [0.05, 0.1) is 10.5 Å². The first kappa shape index (κ1) is 53.4. The van der Waals surface area contributed by atoms with Crippen LogP contribution in [0.4, 0.5) is 0 Å². The molecule has 0 aliphatic heterocycles. The third kappa shape index (κ3) is 12.0. The van der Waals surface area contributed by atoms with Gasteiger partial charge in [-0.25, -0.2) is 8.42 Å².